The van der Waals surface area contributed by atoms with Gasteiger partial charge in [0.2, 0.25) is 0 Å². The van der Waals surface area contributed by atoms with Gasteiger partial charge in [-0.25, -0.2) is 0 Å². The van der Waals surface area contributed by atoms with E-state index in [1.54, 1.807) is 7.11 Å². The summed E-state index contributed by atoms with van der Waals surface area (Å²) in [4.78, 5) is 9.18. The van der Waals surface area contributed by atoms with Crippen molar-refractivity contribution in [3.8, 4) is 5.75 Å². The summed E-state index contributed by atoms with van der Waals surface area (Å²) in [6.45, 7) is 7.23. The summed E-state index contributed by atoms with van der Waals surface area (Å²) in [5, 5.41) is 3.48. The lowest BCUT2D eigenvalue weighted by molar-refractivity contribution is 0.371. The first-order valence-electron chi connectivity index (χ1n) is 8.63. The lowest BCUT2D eigenvalue weighted by Gasteiger charge is -2.37. The summed E-state index contributed by atoms with van der Waals surface area (Å²) in [6, 6.07) is 8.29. The quantitative estimate of drug-likeness (QED) is 0.497. The average molecular weight is 318 g/mol. The van der Waals surface area contributed by atoms with E-state index in [1.807, 2.05) is 13.1 Å². The molecular weight excluding hydrogens is 288 g/mol. The Kier molecular flexibility index (Phi) is 7.04. The number of nitrogens with one attached hydrogen (secondary N) is 1. The van der Waals surface area contributed by atoms with Crippen LogP contribution >= 0.6 is 0 Å². The molecule has 1 aromatic carbocycles. The molecule has 0 saturated carbocycles. The highest BCUT2D eigenvalue weighted by atomic mass is 16.5. The first kappa shape index (κ1) is 17.4. The Morgan fingerprint density at radius 2 is 2.00 bits per heavy atom. The summed E-state index contributed by atoms with van der Waals surface area (Å²) >= 11 is 0. The van der Waals surface area contributed by atoms with E-state index >= 15 is 0 Å². The Balaban J connectivity index is 1.84. The second kappa shape index (κ2) is 9.28. The minimum absolute atomic E-state index is 0.915. The molecule has 1 aliphatic heterocycles. The summed E-state index contributed by atoms with van der Waals surface area (Å²) in [5.41, 5.74) is 1.23. The highest BCUT2D eigenvalue weighted by Crippen LogP contribution is 2.22. The predicted octanol–water partition coefficient (Wildman–Crippen LogP) is 2.58. The van der Waals surface area contributed by atoms with Crippen LogP contribution in [0.4, 0.5) is 5.69 Å². The van der Waals surface area contributed by atoms with Crippen molar-refractivity contribution in [2.24, 2.45) is 4.99 Å². The molecule has 0 atom stereocenters. The number of aliphatic imine (C=N–C) groups is 1. The minimum Gasteiger partial charge on any atom is -0.497 e. The number of unbranched alkanes of at least 4 members (excludes halogenated alkanes) is 2. The molecule has 1 N–H and O–H groups in total. The van der Waals surface area contributed by atoms with Gasteiger partial charge < -0.3 is 19.9 Å². The van der Waals surface area contributed by atoms with Crippen LogP contribution in [0.25, 0.3) is 0 Å². The topological polar surface area (TPSA) is 40.1 Å². The van der Waals surface area contributed by atoms with Crippen molar-refractivity contribution < 1.29 is 4.74 Å². The van der Waals surface area contributed by atoms with Crippen molar-refractivity contribution in [2.45, 2.75) is 26.2 Å². The molecule has 128 valence electrons. The zero-order valence-electron chi connectivity index (χ0n) is 14.7. The van der Waals surface area contributed by atoms with E-state index in [2.05, 4.69) is 45.2 Å². The second-order valence-electron chi connectivity index (χ2n) is 5.86. The van der Waals surface area contributed by atoms with E-state index in [-0.39, 0.29) is 0 Å². The van der Waals surface area contributed by atoms with Gasteiger partial charge in [-0.15, -0.1) is 0 Å². The lowest BCUT2D eigenvalue weighted by atomic mass is 10.2. The fraction of sp³-hybridized carbons (Fsp3) is 0.611. The van der Waals surface area contributed by atoms with Crippen molar-refractivity contribution in [1.82, 2.24) is 10.2 Å². The van der Waals surface area contributed by atoms with E-state index in [0.29, 0.717) is 0 Å². The van der Waals surface area contributed by atoms with Crippen molar-refractivity contribution in [2.75, 3.05) is 51.8 Å². The third kappa shape index (κ3) is 5.05. The van der Waals surface area contributed by atoms with E-state index in [4.69, 9.17) is 4.74 Å². The second-order valence-corrected chi connectivity index (χ2v) is 5.86. The zero-order valence-corrected chi connectivity index (χ0v) is 14.7. The number of hydrogen-bond donors (Lipinski definition) is 1. The number of anilines is 1. The SMILES string of the molecule is CCCCCNC(=NC)N1CCN(c2cccc(OC)c2)CC1. The van der Waals surface area contributed by atoms with Crippen molar-refractivity contribution in [1.29, 1.82) is 0 Å². The third-order valence-corrected chi connectivity index (χ3v) is 4.27. The van der Waals surface area contributed by atoms with Crippen molar-refractivity contribution in [3.63, 3.8) is 0 Å². The van der Waals surface area contributed by atoms with Gasteiger partial charge in [0, 0.05) is 51.5 Å². The Morgan fingerprint density at radius 3 is 2.65 bits per heavy atom. The summed E-state index contributed by atoms with van der Waals surface area (Å²) in [7, 11) is 3.59. The fourth-order valence-corrected chi connectivity index (χ4v) is 2.89. The number of benzene rings is 1. The molecule has 23 heavy (non-hydrogen) atoms. The molecule has 0 amide bonds. The van der Waals surface area contributed by atoms with Crippen LogP contribution in [-0.4, -0.2) is 57.7 Å². The minimum atomic E-state index is 0.915. The molecular formula is C18H30N4O. The number of guanidine groups is 1. The lowest BCUT2D eigenvalue weighted by Crippen LogP contribution is -2.52. The fourth-order valence-electron chi connectivity index (χ4n) is 2.89. The third-order valence-electron chi connectivity index (χ3n) is 4.27. The highest BCUT2D eigenvalue weighted by Gasteiger charge is 2.19. The van der Waals surface area contributed by atoms with Gasteiger partial charge in [-0.3, -0.25) is 4.99 Å². The van der Waals surface area contributed by atoms with E-state index in [0.717, 1.165) is 44.4 Å². The van der Waals surface area contributed by atoms with Crippen molar-refractivity contribution >= 4 is 11.6 Å². The van der Waals surface area contributed by atoms with Crippen LogP contribution in [0.5, 0.6) is 5.75 Å². The van der Waals surface area contributed by atoms with Crippen LogP contribution in [0.3, 0.4) is 0 Å². The van der Waals surface area contributed by atoms with Crippen LogP contribution in [0.1, 0.15) is 26.2 Å². The molecule has 0 bridgehead atoms. The molecule has 0 radical (unpaired) electrons. The smallest absolute Gasteiger partial charge is 0.193 e. The van der Waals surface area contributed by atoms with Gasteiger partial charge in [0.05, 0.1) is 7.11 Å². The molecule has 1 heterocycles. The molecule has 0 spiro atoms. The molecule has 2 rings (SSSR count). The van der Waals surface area contributed by atoms with E-state index in [1.165, 1.54) is 24.9 Å². The molecule has 1 fully saturated rings. The number of hydrogen-bond acceptors (Lipinski definition) is 3. The van der Waals surface area contributed by atoms with E-state index < -0.39 is 0 Å². The van der Waals surface area contributed by atoms with E-state index in [9.17, 15) is 0 Å². The number of ether oxygens (including phenoxy) is 1. The van der Waals surface area contributed by atoms with Crippen LogP contribution in [-0.2, 0) is 0 Å². The normalized spacial score (nSPS) is 15.7. The maximum Gasteiger partial charge on any atom is 0.193 e. The van der Waals surface area contributed by atoms with Gasteiger partial charge >= 0.3 is 0 Å². The van der Waals surface area contributed by atoms with Crippen LogP contribution in [0.2, 0.25) is 0 Å². The molecule has 0 aliphatic carbocycles. The zero-order chi connectivity index (χ0) is 16.5. The van der Waals surface area contributed by atoms with Gasteiger partial charge in [-0.1, -0.05) is 25.8 Å². The first-order valence-corrected chi connectivity index (χ1v) is 8.63. The number of methoxy groups -OCH3 is 1. The molecule has 0 unspecified atom stereocenters. The summed E-state index contributed by atoms with van der Waals surface area (Å²) < 4.78 is 5.32. The maximum atomic E-state index is 5.32. The maximum absolute atomic E-state index is 5.32. The Hall–Kier alpha value is -1.91. The van der Waals surface area contributed by atoms with Gasteiger partial charge in [0.15, 0.2) is 5.96 Å². The van der Waals surface area contributed by atoms with Crippen LogP contribution < -0.4 is 15.0 Å². The molecule has 5 nitrogen and oxygen atoms in total. The number of nitrogens with zero attached hydrogens (tertiary/aromatic N) is 3. The standard InChI is InChI=1S/C18H30N4O/c1-4-5-6-10-20-18(19-2)22-13-11-21(12-14-22)16-8-7-9-17(15-16)23-3/h7-9,15H,4-6,10-14H2,1-3H3,(H,19,20). The summed E-state index contributed by atoms with van der Waals surface area (Å²) in [5.74, 6) is 1.95. The molecule has 5 heteroatoms. The Labute approximate surface area is 140 Å². The highest BCUT2D eigenvalue weighted by molar-refractivity contribution is 5.80. The number of piperazine rings is 1. The molecule has 1 aliphatic rings. The van der Waals surface area contributed by atoms with Gasteiger partial charge in [0.25, 0.3) is 0 Å². The average Bonchev–Trinajstić information content (AvgIpc) is 2.62. The predicted molar refractivity (Wildman–Crippen MR) is 97.7 cm³/mol. The van der Waals surface area contributed by atoms with Gasteiger partial charge in [-0.05, 0) is 18.6 Å². The van der Waals surface area contributed by atoms with Crippen LogP contribution in [0, 0.1) is 0 Å². The molecule has 1 aromatic rings. The van der Waals surface area contributed by atoms with Gasteiger partial charge in [-0.2, -0.15) is 0 Å². The Morgan fingerprint density at radius 1 is 1.22 bits per heavy atom. The monoisotopic (exact) mass is 318 g/mol. The molecule has 0 aromatic heterocycles. The summed E-state index contributed by atoms with van der Waals surface area (Å²) in [6.07, 6.45) is 3.73. The Bertz CT molecular complexity index is 496. The van der Waals surface area contributed by atoms with Crippen molar-refractivity contribution in [3.05, 3.63) is 24.3 Å². The first-order chi connectivity index (χ1) is 11.3. The largest absolute Gasteiger partial charge is 0.497 e. The van der Waals surface area contributed by atoms with Crippen LogP contribution in [0.15, 0.2) is 29.3 Å². The van der Waals surface area contributed by atoms with Gasteiger partial charge in [0.1, 0.15) is 5.75 Å². The number of rotatable bonds is 6. The molecule has 1 saturated heterocycles.